The minimum Gasteiger partial charge on any atom is -0.273 e. The quantitative estimate of drug-likeness (QED) is 0.644. The molecule has 8 heteroatoms. The van der Waals surface area contributed by atoms with Crippen molar-refractivity contribution in [2.45, 2.75) is 6.92 Å². The molecule has 1 fully saturated rings. The van der Waals surface area contributed by atoms with Crippen molar-refractivity contribution in [3.8, 4) is 0 Å². The number of hydrogen-bond donors (Lipinski definition) is 1. The lowest BCUT2D eigenvalue weighted by Crippen LogP contribution is -2.54. The van der Waals surface area contributed by atoms with Crippen LogP contribution in [0.1, 0.15) is 6.92 Å². The number of amides is 5. The number of carbonyl (C=O) groups is 4. The van der Waals surface area contributed by atoms with Gasteiger partial charge in [0.1, 0.15) is 5.57 Å². The topological polar surface area (TPSA) is 99.2 Å². The zero-order valence-corrected chi connectivity index (χ0v) is 15.4. The molecular weight excluding hydrogens is 372 g/mol. The fourth-order valence-electron chi connectivity index (χ4n) is 3.18. The number of hydrazone groups is 1. The Morgan fingerprint density at radius 3 is 2.10 bits per heavy atom. The molecule has 0 aromatic heterocycles. The van der Waals surface area contributed by atoms with Crippen molar-refractivity contribution in [1.29, 1.82) is 0 Å². The Balaban J connectivity index is 1.67. The summed E-state index contributed by atoms with van der Waals surface area (Å²) in [5.41, 5.74) is 1.06. The molecule has 0 spiro atoms. The van der Waals surface area contributed by atoms with Crippen molar-refractivity contribution in [3.63, 3.8) is 0 Å². The van der Waals surface area contributed by atoms with Gasteiger partial charge in [-0.15, -0.1) is 0 Å². The second-order valence-electron chi connectivity index (χ2n) is 6.52. The van der Waals surface area contributed by atoms with Crippen LogP contribution >= 0.6 is 0 Å². The maximum absolute atomic E-state index is 12.9. The molecule has 144 valence electrons. The maximum atomic E-state index is 12.9. The molecule has 0 saturated carbocycles. The molecule has 4 rings (SSSR count). The van der Waals surface area contributed by atoms with E-state index < -0.39 is 23.8 Å². The highest BCUT2D eigenvalue weighted by molar-refractivity contribution is 6.38. The van der Waals surface area contributed by atoms with Crippen molar-refractivity contribution in [2.24, 2.45) is 11.0 Å². The van der Waals surface area contributed by atoms with Gasteiger partial charge in [-0.3, -0.25) is 19.7 Å². The Kier molecular flexibility index (Phi) is 4.52. The molecule has 1 saturated heterocycles. The summed E-state index contributed by atoms with van der Waals surface area (Å²) >= 11 is 0. The molecule has 0 aliphatic carbocycles. The largest absolute Gasteiger partial charge is 0.335 e. The van der Waals surface area contributed by atoms with Crippen molar-refractivity contribution >= 4 is 40.8 Å². The van der Waals surface area contributed by atoms with Crippen molar-refractivity contribution in [2.75, 3.05) is 9.91 Å². The smallest absolute Gasteiger partial charge is 0.273 e. The van der Waals surface area contributed by atoms with Gasteiger partial charge in [-0.1, -0.05) is 36.4 Å². The van der Waals surface area contributed by atoms with Crippen molar-refractivity contribution < 1.29 is 19.2 Å². The molecule has 2 aromatic rings. The van der Waals surface area contributed by atoms with Crippen LogP contribution in [0, 0.1) is 5.92 Å². The number of carbonyl (C=O) groups excluding carboxylic acids is 4. The first kappa shape index (κ1) is 18.3. The number of benzene rings is 2. The molecule has 8 nitrogen and oxygen atoms in total. The maximum Gasteiger partial charge on any atom is 0.335 e. The third-order valence-electron chi connectivity index (χ3n) is 4.63. The Labute approximate surface area is 166 Å². The minimum atomic E-state index is -0.884. The zero-order valence-electron chi connectivity index (χ0n) is 15.4. The SMILES string of the molecule is CC1=NN(c2ccccc2)C(=O)C1/C=C1\C(=O)NC(=O)N(c2ccccc2)C1=O. The number of para-hydroxylation sites is 2. The summed E-state index contributed by atoms with van der Waals surface area (Å²) in [6, 6.07) is 16.3. The number of rotatable bonds is 3. The van der Waals surface area contributed by atoms with Crippen LogP contribution in [0.25, 0.3) is 0 Å². The molecule has 2 aromatic carbocycles. The normalized spacial score (nSPS) is 20.9. The van der Waals surface area contributed by atoms with E-state index in [0.717, 1.165) is 4.90 Å². The van der Waals surface area contributed by atoms with Gasteiger partial charge in [0.25, 0.3) is 17.7 Å². The second-order valence-corrected chi connectivity index (χ2v) is 6.52. The van der Waals surface area contributed by atoms with E-state index in [9.17, 15) is 19.2 Å². The van der Waals surface area contributed by atoms with E-state index in [1.165, 1.54) is 11.1 Å². The Bertz CT molecular complexity index is 1080. The predicted molar refractivity (Wildman–Crippen MR) is 106 cm³/mol. The molecule has 5 amide bonds. The molecule has 0 radical (unpaired) electrons. The first-order valence-corrected chi connectivity index (χ1v) is 8.88. The van der Waals surface area contributed by atoms with E-state index in [1.54, 1.807) is 61.5 Å². The van der Waals surface area contributed by atoms with Gasteiger partial charge in [-0.2, -0.15) is 10.1 Å². The van der Waals surface area contributed by atoms with Crippen LogP contribution in [-0.4, -0.2) is 29.5 Å². The van der Waals surface area contributed by atoms with Crippen LogP contribution in [0.2, 0.25) is 0 Å². The van der Waals surface area contributed by atoms with Gasteiger partial charge in [0.05, 0.1) is 23.0 Å². The summed E-state index contributed by atoms with van der Waals surface area (Å²) in [4.78, 5) is 51.2. The number of barbiturate groups is 1. The molecule has 1 atom stereocenters. The van der Waals surface area contributed by atoms with E-state index >= 15 is 0 Å². The Hall–Kier alpha value is -4.07. The van der Waals surface area contributed by atoms with Gasteiger partial charge >= 0.3 is 6.03 Å². The molecule has 0 bridgehead atoms. The molecule has 1 unspecified atom stereocenters. The minimum absolute atomic E-state index is 0.281. The summed E-state index contributed by atoms with van der Waals surface area (Å²) in [5, 5.41) is 7.65. The highest BCUT2D eigenvalue weighted by Gasteiger charge is 2.40. The standard InChI is InChI=1S/C21H16N4O4/c1-13-16(20(28)25(23-13)15-10-6-3-7-11-15)12-17-18(26)22-21(29)24(19(17)27)14-8-4-2-5-9-14/h2-12,16H,1H3,(H,22,26,29)/b17-12+. The van der Waals surface area contributed by atoms with Crippen LogP contribution in [-0.2, 0) is 14.4 Å². The average molecular weight is 388 g/mol. The Morgan fingerprint density at radius 1 is 0.897 bits per heavy atom. The van der Waals surface area contributed by atoms with Crippen LogP contribution in [0.4, 0.5) is 16.2 Å². The number of anilines is 2. The van der Waals surface area contributed by atoms with Gasteiger partial charge < -0.3 is 0 Å². The van der Waals surface area contributed by atoms with E-state index in [0.29, 0.717) is 17.1 Å². The number of imide groups is 2. The third-order valence-corrected chi connectivity index (χ3v) is 4.63. The predicted octanol–water partition coefficient (Wildman–Crippen LogP) is 2.23. The van der Waals surface area contributed by atoms with Crippen molar-refractivity contribution in [3.05, 3.63) is 72.3 Å². The van der Waals surface area contributed by atoms with Crippen LogP contribution in [0.5, 0.6) is 0 Å². The lowest BCUT2D eigenvalue weighted by molar-refractivity contribution is -0.122. The van der Waals surface area contributed by atoms with E-state index in [2.05, 4.69) is 10.4 Å². The lowest BCUT2D eigenvalue weighted by Gasteiger charge is -2.26. The van der Waals surface area contributed by atoms with Crippen LogP contribution < -0.4 is 15.2 Å². The first-order chi connectivity index (χ1) is 14.0. The molecule has 2 aliphatic rings. The summed E-state index contributed by atoms with van der Waals surface area (Å²) in [7, 11) is 0. The summed E-state index contributed by atoms with van der Waals surface area (Å²) in [5.74, 6) is -2.90. The second kappa shape index (κ2) is 7.16. The van der Waals surface area contributed by atoms with Crippen LogP contribution in [0.3, 0.4) is 0 Å². The zero-order chi connectivity index (χ0) is 20.5. The average Bonchev–Trinajstić information content (AvgIpc) is 3.00. The summed E-state index contributed by atoms with van der Waals surface area (Å²) < 4.78 is 0. The van der Waals surface area contributed by atoms with Gasteiger partial charge in [0.2, 0.25) is 0 Å². The van der Waals surface area contributed by atoms with E-state index in [1.807, 2.05) is 6.07 Å². The highest BCUT2D eigenvalue weighted by atomic mass is 16.2. The number of urea groups is 1. The number of nitrogens with zero attached hydrogens (tertiary/aromatic N) is 3. The number of hydrogen-bond acceptors (Lipinski definition) is 5. The van der Waals surface area contributed by atoms with Gasteiger partial charge in [0.15, 0.2) is 0 Å². The lowest BCUT2D eigenvalue weighted by atomic mass is 9.98. The molecule has 2 aliphatic heterocycles. The molecule has 2 heterocycles. The fourth-order valence-corrected chi connectivity index (χ4v) is 3.18. The number of nitrogens with one attached hydrogen (secondary N) is 1. The Morgan fingerprint density at radius 2 is 1.48 bits per heavy atom. The summed E-state index contributed by atoms with van der Waals surface area (Å²) in [6.45, 7) is 1.65. The molecule has 1 N–H and O–H groups in total. The van der Waals surface area contributed by atoms with Crippen molar-refractivity contribution in [1.82, 2.24) is 5.32 Å². The van der Waals surface area contributed by atoms with Gasteiger partial charge in [-0.25, -0.2) is 9.69 Å². The van der Waals surface area contributed by atoms with Gasteiger partial charge in [-0.05, 0) is 37.3 Å². The third kappa shape index (κ3) is 3.20. The van der Waals surface area contributed by atoms with Gasteiger partial charge in [0, 0.05) is 0 Å². The molecule has 29 heavy (non-hydrogen) atoms. The monoisotopic (exact) mass is 388 g/mol. The first-order valence-electron chi connectivity index (χ1n) is 8.88. The van der Waals surface area contributed by atoms with E-state index in [-0.39, 0.29) is 11.5 Å². The highest BCUT2D eigenvalue weighted by Crippen LogP contribution is 2.27. The van der Waals surface area contributed by atoms with E-state index in [4.69, 9.17) is 0 Å². The molecular formula is C21H16N4O4. The summed E-state index contributed by atoms with van der Waals surface area (Å²) in [6.07, 6.45) is 1.27. The van der Waals surface area contributed by atoms with Crippen LogP contribution in [0.15, 0.2) is 77.4 Å². The fraction of sp³-hybridized carbons (Fsp3) is 0.0952.